The number of fused-ring (bicyclic) bond motifs is 1. The summed E-state index contributed by atoms with van der Waals surface area (Å²) >= 11 is 0. The Labute approximate surface area is 202 Å². The van der Waals surface area contributed by atoms with Crippen molar-refractivity contribution in [2.24, 2.45) is 0 Å². The van der Waals surface area contributed by atoms with E-state index in [9.17, 15) is 14.7 Å². The predicted molar refractivity (Wildman–Crippen MR) is 130 cm³/mol. The SMILES string of the molecule is COc1ccc(C(NC(=O)c2ccc3c(c2)nc(-c2ccoc2)n3C2CCCCC2)C(=O)O)cc1. The number of hydrogen-bond donors (Lipinski definition) is 2. The highest BCUT2D eigenvalue weighted by Crippen LogP contribution is 2.36. The summed E-state index contributed by atoms with van der Waals surface area (Å²) in [4.78, 5) is 29.8. The summed E-state index contributed by atoms with van der Waals surface area (Å²) < 4.78 is 12.7. The van der Waals surface area contributed by atoms with Crippen LogP contribution < -0.4 is 10.1 Å². The first kappa shape index (κ1) is 22.7. The van der Waals surface area contributed by atoms with Gasteiger partial charge in [0.25, 0.3) is 5.91 Å². The van der Waals surface area contributed by atoms with Gasteiger partial charge in [-0.05, 0) is 54.8 Å². The molecule has 1 amide bonds. The summed E-state index contributed by atoms with van der Waals surface area (Å²) in [6.07, 6.45) is 9.08. The average Bonchev–Trinajstić information content (AvgIpc) is 3.55. The fraction of sp³-hybridized carbons (Fsp3) is 0.296. The van der Waals surface area contributed by atoms with Crippen molar-refractivity contribution in [3.63, 3.8) is 0 Å². The number of aromatic nitrogens is 2. The highest BCUT2D eigenvalue weighted by atomic mass is 16.5. The van der Waals surface area contributed by atoms with Gasteiger partial charge in [-0.25, -0.2) is 9.78 Å². The lowest BCUT2D eigenvalue weighted by Gasteiger charge is -2.25. The number of hydrogen-bond acceptors (Lipinski definition) is 5. The number of benzene rings is 2. The van der Waals surface area contributed by atoms with E-state index in [1.54, 1.807) is 48.9 Å². The number of ether oxygens (including phenoxy) is 1. The highest BCUT2D eigenvalue weighted by molar-refractivity contribution is 5.99. The molecule has 0 saturated heterocycles. The monoisotopic (exact) mass is 473 g/mol. The van der Waals surface area contributed by atoms with Crippen LogP contribution in [0, 0.1) is 0 Å². The van der Waals surface area contributed by atoms with E-state index in [1.165, 1.54) is 26.4 Å². The summed E-state index contributed by atoms with van der Waals surface area (Å²) in [5.41, 5.74) is 3.34. The van der Waals surface area contributed by atoms with Crippen LogP contribution in [0.25, 0.3) is 22.4 Å². The molecule has 1 aliphatic rings. The molecular formula is C27H27N3O5. The summed E-state index contributed by atoms with van der Waals surface area (Å²) in [5, 5.41) is 12.4. The molecule has 0 spiro atoms. The summed E-state index contributed by atoms with van der Waals surface area (Å²) in [5.74, 6) is -0.197. The maximum Gasteiger partial charge on any atom is 0.330 e. The summed E-state index contributed by atoms with van der Waals surface area (Å²) in [7, 11) is 1.54. The molecule has 1 saturated carbocycles. The van der Waals surface area contributed by atoms with Crippen molar-refractivity contribution in [2.45, 2.75) is 44.2 Å². The van der Waals surface area contributed by atoms with Gasteiger partial charge in [-0.1, -0.05) is 31.4 Å². The molecule has 180 valence electrons. The van der Waals surface area contributed by atoms with Crippen LogP contribution in [0.5, 0.6) is 5.75 Å². The number of imidazole rings is 1. The van der Waals surface area contributed by atoms with Crippen molar-refractivity contribution < 1.29 is 23.8 Å². The number of carbonyl (C=O) groups is 2. The second-order valence-corrected chi connectivity index (χ2v) is 8.83. The molecule has 35 heavy (non-hydrogen) atoms. The molecule has 2 heterocycles. The number of aliphatic carboxylic acids is 1. The van der Waals surface area contributed by atoms with Crippen LogP contribution in [-0.2, 0) is 4.79 Å². The molecule has 4 aromatic rings. The van der Waals surface area contributed by atoms with Gasteiger partial charge in [0.15, 0.2) is 6.04 Å². The van der Waals surface area contributed by atoms with Crippen LogP contribution in [0.2, 0.25) is 0 Å². The second-order valence-electron chi connectivity index (χ2n) is 8.83. The Kier molecular flexibility index (Phi) is 6.27. The Morgan fingerprint density at radius 3 is 2.54 bits per heavy atom. The van der Waals surface area contributed by atoms with Gasteiger partial charge in [0.1, 0.15) is 17.8 Å². The average molecular weight is 474 g/mol. The molecule has 1 atom stereocenters. The first-order valence-electron chi connectivity index (χ1n) is 11.8. The molecule has 5 rings (SSSR count). The molecule has 0 radical (unpaired) electrons. The Morgan fingerprint density at radius 2 is 1.89 bits per heavy atom. The van der Waals surface area contributed by atoms with E-state index >= 15 is 0 Å². The maximum absolute atomic E-state index is 13.1. The van der Waals surface area contributed by atoms with Crippen molar-refractivity contribution in [3.8, 4) is 17.1 Å². The highest BCUT2D eigenvalue weighted by Gasteiger charge is 2.25. The van der Waals surface area contributed by atoms with Gasteiger partial charge >= 0.3 is 5.97 Å². The number of rotatable bonds is 7. The van der Waals surface area contributed by atoms with Crippen LogP contribution in [0.15, 0.2) is 65.5 Å². The first-order valence-corrected chi connectivity index (χ1v) is 11.8. The number of furan rings is 1. The summed E-state index contributed by atoms with van der Waals surface area (Å²) in [6, 6.07) is 13.0. The zero-order chi connectivity index (χ0) is 24.4. The molecule has 1 aliphatic carbocycles. The standard InChI is InChI=1S/C27H27N3O5/c1-34-21-10-7-17(8-11-21)24(27(32)33)29-26(31)18-9-12-23-22(15-18)28-25(19-13-14-35-16-19)30(23)20-5-3-2-4-6-20/h7-16,20,24H,2-6H2,1H3,(H,29,31)(H,32,33). The quantitative estimate of drug-likeness (QED) is 0.374. The minimum absolute atomic E-state index is 0.338. The van der Waals surface area contributed by atoms with Gasteiger partial charge in [0, 0.05) is 11.6 Å². The van der Waals surface area contributed by atoms with E-state index in [1.807, 2.05) is 12.1 Å². The molecule has 2 N–H and O–H groups in total. The van der Waals surface area contributed by atoms with Gasteiger partial charge in [-0.3, -0.25) is 4.79 Å². The van der Waals surface area contributed by atoms with Gasteiger partial charge in [0.05, 0.1) is 30.0 Å². The van der Waals surface area contributed by atoms with E-state index in [0.29, 0.717) is 28.4 Å². The third-order valence-electron chi connectivity index (χ3n) is 6.64. The molecule has 8 nitrogen and oxygen atoms in total. The van der Waals surface area contributed by atoms with E-state index < -0.39 is 17.9 Å². The maximum atomic E-state index is 13.1. The fourth-order valence-electron chi connectivity index (χ4n) is 4.84. The Balaban J connectivity index is 1.47. The van der Waals surface area contributed by atoms with Crippen molar-refractivity contribution >= 4 is 22.9 Å². The van der Waals surface area contributed by atoms with Crippen LogP contribution >= 0.6 is 0 Å². The second kappa shape index (κ2) is 9.66. The number of carbonyl (C=O) groups excluding carboxylic acids is 1. The topological polar surface area (TPSA) is 107 Å². The van der Waals surface area contributed by atoms with Gasteiger partial charge in [0.2, 0.25) is 0 Å². The van der Waals surface area contributed by atoms with E-state index in [2.05, 4.69) is 9.88 Å². The Bertz CT molecular complexity index is 1340. The van der Waals surface area contributed by atoms with E-state index in [-0.39, 0.29) is 0 Å². The minimum Gasteiger partial charge on any atom is -0.497 e. The normalized spacial score (nSPS) is 15.1. The number of nitrogens with zero attached hydrogens (tertiary/aromatic N) is 2. The molecule has 0 bridgehead atoms. The predicted octanol–water partition coefficient (Wildman–Crippen LogP) is 5.37. The van der Waals surface area contributed by atoms with Crippen molar-refractivity contribution in [2.75, 3.05) is 7.11 Å². The number of carboxylic acid groups (broad SMARTS) is 1. The molecule has 2 aromatic carbocycles. The van der Waals surface area contributed by atoms with Gasteiger partial charge in [-0.2, -0.15) is 0 Å². The first-order chi connectivity index (χ1) is 17.0. The Hall–Kier alpha value is -4.07. The third-order valence-corrected chi connectivity index (χ3v) is 6.64. The summed E-state index contributed by atoms with van der Waals surface area (Å²) in [6.45, 7) is 0. The van der Waals surface area contributed by atoms with Crippen LogP contribution in [0.3, 0.4) is 0 Å². The minimum atomic E-state index is -1.19. The molecule has 1 unspecified atom stereocenters. The van der Waals surface area contributed by atoms with Crippen molar-refractivity contribution in [1.29, 1.82) is 0 Å². The van der Waals surface area contributed by atoms with Gasteiger partial charge in [-0.15, -0.1) is 0 Å². The van der Waals surface area contributed by atoms with Crippen LogP contribution in [0.1, 0.15) is 60.1 Å². The zero-order valence-corrected chi connectivity index (χ0v) is 19.4. The van der Waals surface area contributed by atoms with E-state index in [4.69, 9.17) is 14.1 Å². The molecule has 0 aliphatic heterocycles. The van der Waals surface area contributed by atoms with Crippen molar-refractivity contribution in [1.82, 2.24) is 14.9 Å². The lowest BCUT2D eigenvalue weighted by Crippen LogP contribution is -2.33. The number of amides is 1. The van der Waals surface area contributed by atoms with Gasteiger partial charge < -0.3 is 24.1 Å². The number of methoxy groups -OCH3 is 1. The van der Waals surface area contributed by atoms with Crippen LogP contribution in [-0.4, -0.2) is 33.6 Å². The molecule has 8 heteroatoms. The molecular weight excluding hydrogens is 446 g/mol. The van der Waals surface area contributed by atoms with Crippen molar-refractivity contribution in [3.05, 3.63) is 72.2 Å². The molecule has 1 fully saturated rings. The largest absolute Gasteiger partial charge is 0.497 e. The van der Waals surface area contributed by atoms with Crippen LogP contribution in [0.4, 0.5) is 0 Å². The third kappa shape index (κ3) is 4.51. The lowest BCUT2D eigenvalue weighted by molar-refractivity contribution is -0.139. The number of carboxylic acids is 1. The number of nitrogens with one attached hydrogen (secondary N) is 1. The Morgan fingerprint density at radius 1 is 1.11 bits per heavy atom. The van der Waals surface area contributed by atoms with E-state index in [0.717, 1.165) is 29.7 Å². The smallest absolute Gasteiger partial charge is 0.330 e. The zero-order valence-electron chi connectivity index (χ0n) is 19.4. The fourth-order valence-corrected chi connectivity index (χ4v) is 4.84. The molecule has 2 aromatic heterocycles. The lowest BCUT2D eigenvalue weighted by atomic mass is 9.95.